The van der Waals surface area contributed by atoms with Crippen LogP contribution in [0.1, 0.15) is 88.1 Å². The topological polar surface area (TPSA) is 348 Å². The van der Waals surface area contributed by atoms with Crippen LogP contribution in [0.4, 0.5) is 39.5 Å². The molecule has 5 N–H and O–H groups in total. The van der Waals surface area contributed by atoms with Crippen LogP contribution in [0, 0.1) is 17.6 Å². The number of fused-ring (bicyclic) bond motifs is 5. The highest BCUT2D eigenvalue weighted by Gasteiger charge is 2.47. The number of carbonyl (C=O) groups is 2. The summed E-state index contributed by atoms with van der Waals surface area (Å²) in [7, 11) is -2.59. The normalized spacial score (nSPS) is 17.6. The van der Waals surface area contributed by atoms with Crippen LogP contribution in [0.15, 0.2) is 110 Å². The average Bonchev–Trinajstić information content (AvgIpc) is 1.35. The Hall–Kier alpha value is -10.3. The quantitative estimate of drug-likeness (QED) is 0.0593. The molecule has 37 heteroatoms. The van der Waals surface area contributed by atoms with Gasteiger partial charge in [0.25, 0.3) is 0 Å². The molecule has 0 fully saturated rings. The number of ether oxygens (including phenoxy) is 8. The van der Waals surface area contributed by atoms with Crippen molar-refractivity contribution in [2.24, 2.45) is 10.7 Å². The molecule has 0 spiro atoms. The lowest BCUT2D eigenvalue weighted by Gasteiger charge is -2.34. The van der Waals surface area contributed by atoms with Crippen molar-refractivity contribution in [1.82, 2.24) is 34.2 Å². The Bertz CT molecular complexity index is 4380. The maximum Gasteiger partial charge on any atom is 0.586 e. The molecule has 1 atom stereocenters. The predicted octanol–water partition coefficient (Wildman–Crippen LogP) is 9.69. The van der Waals surface area contributed by atoms with E-state index in [4.69, 9.17) is 37.0 Å². The fourth-order valence-electron chi connectivity index (χ4n) is 8.32. The number of aromatic carboxylic acids is 1. The fraction of sp³-hybridized carbons (Fsp3) is 0.298. The van der Waals surface area contributed by atoms with E-state index in [-0.39, 0.29) is 98.0 Å². The number of alkyl halides is 8. The molecule has 0 amide bonds. The van der Waals surface area contributed by atoms with Gasteiger partial charge in [0.1, 0.15) is 17.1 Å². The Morgan fingerprint density at radius 1 is 0.649 bits per heavy atom. The van der Waals surface area contributed by atoms with Gasteiger partial charge in [0.15, 0.2) is 74.1 Å². The zero-order valence-corrected chi connectivity index (χ0v) is 51.0. The van der Waals surface area contributed by atoms with Crippen LogP contribution in [0.25, 0.3) is 11.2 Å². The standard InChI is InChI=1S/C19H17F3N4O5S.C8H7F2NO2.C8H7NO2S.C8H11NO.C7H3F2NO4.C7H5F2NO3/c1-18(9-32(28,29)26(2)17(23)25-18)11-5-10(3-4-12(11)20)6-14(27)13-7-15-16(8-24-13)31-19(21,22)30-15;1-2-5-3-6-7(4-11-5)13-8(9,10)12-6;1-2-5-3-6-7(4-9-5)11-8(12)10-6;1-3-7-4-8(10)6(2)5-9-7;8-7(9)13-4-1-3(6(11)12)10-2-5(4)14-7;8-7(9)12-5-1-4(3-11)10-2-6(5)13-7/h3-5,7-8H,6,9H2,1-2H3,(H2,23,25);3-4H,2H2,1H3;3-4H,2H2,1H3;4-5H,3H2,1-2H3,(H,9,10);1-2H,(H,11,12);1-2,11H,3H2/t18-;;;;;/m0...../s1. The Morgan fingerprint density at radius 3 is 1.61 bits per heavy atom. The molecule has 0 aliphatic carbocycles. The summed E-state index contributed by atoms with van der Waals surface area (Å²) in [6.07, 6.45) is -5.06. The average molecular weight is 1370 g/mol. The summed E-state index contributed by atoms with van der Waals surface area (Å²) < 4.78 is 185. The molecular formula is C57H50F9N9O17S2. The number of aromatic nitrogens is 6. The second kappa shape index (κ2) is 27.5. The molecule has 26 nitrogen and oxygen atoms in total. The number of guanidine groups is 1. The van der Waals surface area contributed by atoms with Gasteiger partial charge in [-0.1, -0.05) is 26.8 Å². The number of nitrogens with two attached hydrogens (primary N) is 1. The Kier molecular flexibility index (Phi) is 20.4. The number of nitrogens with zero attached hydrogens (tertiary/aromatic N) is 7. The van der Waals surface area contributed by atoms with Gasteiger partial charge in [-0.25, -0.2) is 36.9 Å². The van der Waals surface area contributed by atoms with E-state index < -0.39 is 64.1 Å². The molecule has 12 heterocycles. The zero-order valence-electron chi connectivity index (χ0n) is 49.3. The van der Waals surface area contributed by atoms with Gasteiger partial charge < -0.3 is 67.7 Å². The molecule has 8 aromatic rings. The highest BCUT2D eigenvalue weighted by atomic mass is 32.2. The first-order valence-electron chi connectivity index (χ1n) is 27.1. The van der Waals surface area contributed by atoms with Crippen LogP contribution >= 0.6 is 12.2 Å². The minimum Gasteiger partial charge on any atom is -0.477 e. The van der Waals surface area contributed by atoms with Gasteiger partial charge in [0.2, 0.25) is 16.0 Å². The number of hydrogen-bond donors (Lipinski definition) is 4. The van der Waals surface area contributed by atoms with Crippen LogP contribution in [0.2, 0.25) is 0 Å². The molecule has 0 saturated heterocycles. The van der Waals surface area contributed by atoms with E-state index in [0.29, 0.717) is 28.8 Å². The van der Waals surface area contributed by atoms with E-state index in [9.17, 15) is 62.3 Å². The number of ketones is 1. The molecule has 7 aromatic heterocycles. The molecule has 500 valence electrons. The van der Waals surface area contributed by atoms with Gasteiger partial charge in [-0.3, -0.25) is 24.5 Å². The number of Topliss-reactive ketones (excluding diaryl/α,β-unsaturated/α-hetero) is 1. The number of nitrogens with one attached hydrogen (secondary N) is 1. The number of aliphatic hydroxyl groups is 1. The van der Waals surface area contributed by atoms with Gasteiger partial charge in [-0.05, 0) is 50.8 Å². The van der Waals surface area contributed by atoms with Crippen molar-refractivity contribution in [3.8, 4) is 46.0 Å². The number of sulfonamides is 1. The predicted molar refractivity (Wildman–Crippen MR) is 307 cm³/mol. The molecule has 0 saturated carbocycles. The lowest BCUT2D eigenvalue weighted by Crippen LogP contribution is -2.50. The minimum atomic E-state index is -3.84. The third-order valence-electron chi connectivity index (χ3n) is 13.0. The van der Waals surface area contributed by atoms with E-state index in [0.717, 1.165) is 70.9 Å². The number of aromatic amines is 1. The van der Waals surface area contributed by atoms with Gasteiger partial charge in [-0.15, -0.1) is 35.1 Å². The fourth-order valence-corrected chi connectivity index (χ4v) is 9.95. The smallest absolute Gasteiger partial charge is 0.477 e. The lowest BCUT2D eigenvalue weighted by molar-refractivity contribution is -0.287. The van der Waals surface area contributed by atoms with Crippen LogP contribution in [0.5, 0.6) is 46.0 Å². The van der Waals surface area contributed by atoms with E-state index >= 15 is 0 Å². The number of carboxylic acid groups (broad SMARTS) is 1. The Morgan fingerprint density at radius 2 is 1.11 bits per heavy atom. The van der Waals surface area contributed by atoms with Crippen molar-refractivity contribution in [3.63, 3.8) is 0 Å². The zero-order chi connectivity index (χ0) is 68.9. The van der Waals surface area contributed by atoms with Crippen molar-refractivity contribution in [2.45, 2.75) is 97.6 Å². The third-order valence-corrected chi connectivity index (χ3v) is 15.1. The Balaban J connectivity index is 0.000000154. The number of aryl methyl sites for hydroxylation is 4. The molecule has 5 aliphatic rings. The molecular weight excluding hydrogens is 1320 g/mol. The number of aliphatic hydroxyl groups excluding tert-OH is 1. The van der Waals surface area contributed by atoms with Crippen LogP contribution < -0.4 is 49.1 Å². The molecule has 94 heavy (non-hydrogen) atoms. The number of rotatable bonds is 9. The highest BCUT2D eigenvalue weighted by Crippen LogP contribution is 2.44. The molecule has 0 bridgehead atoms. The number of carbonyl (C=O) groups excluding carboxylic acids is 1. The minimum absolute atomic E-state index is 0.0119. The number of halogens is 9. The van der Waals surface area contributed by atoms with Gasteiger partial charge in [-0.2, -0.15) is 0 Å². The number of hydrogen-bond acceptors (Lipinski definition) is 24. The van der Waals surface area contributed by atoms with Crippen molar-refractivity contribution >= 4 is 51.1 Å². The van der Waals surface area contributed by atoms with Crippen LogP contribution in [0.3, 0.4) is 0 Å². The summed E-state index contributed by atoms with van der Waals surface area (Å²) in [4.78, 5) is 60.2. The lowest BCUT2D eigenvalue weighted by atomic mass is 9.91. The van der Waals surface area contributed by atoms with Crippen molar-refractivity contribution < 1.29 is 114 Å². The van der Waals surface area contributed by atoms with E-state index in [1.54, 1.807) is 25.4 Å². The molecule has 0 unspecified atom stereocenters. The molecule has 1 aromatic carbocycles. The van der Waals surface area contributed by atoms with Crippen molar-refractivity contribution in [2.75, 3.05) is 12.8 Å². The number of carboxylic acids is 1. The molecule has 13 rings (SSSR count). The van der Waals surface area contributed by atoms with Gasteiger partial charge >= 0.3 is 36.1 Å². The summed E-state index contributed by atoms with van der Waals surface area (Å²) in [5, 5.41) is 17.2. The second-order valence-corrected chi connectivity index (χ2v) is 22.3. The number of pyridine rings is 6. The summed E-state index contributed by atoms with van der Waals surface area (Å²) in [5.41, 5.74) is 9.03. The monoisotopic (exact) mass is 1370 g/mol. The maximum absolute atomic E-state index is 14.6. The van der Waals surface area contributed by atoms with E-state index in [2.05, 4.69) is 72.8 Å². The van der Waals surface area contributed by atoms with E-state index in [1.807, 2.05) is 26.8 Å². The summed E-state index contributed by atoms with van der Waals surface area (Å²) in [6, 6.07) is 11.8. The number of benzene rings is 1. The highest BCUT2D eigenvalue weighted by molar-refractivity contribution is 7.89. The Labute approximate surface area is 528 Å². The number of H-pyrrole nitrogens is 1. The third kappa shape index (κ3) is 17.2. The molecule has 5 aliphatic heterocycles. The summed E-state index contributed by atoms with van der Waals surface area (Å²) in [5.74, 6) is -4.86. The van der Waals surface area contributed by atoms with Gasteiger partial charge in [0, 0.05) is 96.5 Å². The molecule has 0 radical (unpaired) electrons. The van der Waals surface area contributed by atoms with Crippen molar-refractivity contribution in [1.29, 1.82) is 0 Å². The van der Waals surface area contributed by atoms with Crippen LogP contribution in [-0.2, 0) is 47.9 Å². The largest absolute Gasteiger partial charge is 0.586 e. The summed E-state index contributed by atoms with van der Waals surface area (Å²) in [6.45, 7) is 8.82. The van der Waals surface area contributed by atoms with Crippen LogP contribution in [-0.4, -0.2) is 109 Å². The van der Waals surface area contributed by atoms with Crippen molar-refractivity contribution in [3.05, 3.63) is 164 Å². The van der Waals surface area contributed by atoms with E-state index in [1.165, 1.54) is 44.4 Å². The summed E-state index contributed by atoms with van der Waals surface area (Å²) >= 11 is 4.73. The maximum atomic E-state index is 14.6. The first kappa shape index (κ1) is 69.6. The number of aliphatic imine (C=N–C) groups is 1. The SMILES string of the molecule is CCc1cc(=O)c(C)c[nH]1.CCc1cc2c(cn1)OC(F)(F)O2.CCc1cc2oc(=S)oc2cn1.CN1C(N)=N[C@](C)(c2cc(CC(=O)c3cc4c(cn3)OC(F)(F)O4)ccc2F)CS1(=O)=O.O=C(O)c1cc2c(cn1)OC(F)(F)O2.OCc1cc2c(cn1)OC(F)(F)O2. The first-order chi connectivity index (χ1) is 44.0. The first-order valence-corrected chi connectivity index (χ1v) is 29.1. The van der Waals surface area contributed by atoms with Gasteiger partial charge in [0.05, 0.1) is 49.0 Å². The second-order valence-electron chi connectivity index (χ2n) is 19.9.